The number of aromatic nitrogens is 5. The predicted octanol–water partition coefficient (Wildman–Crippen LogP) is 1.46. The Morgan fingerprint density at radius 2 is 1.82 bits per heavy atom. The third-order valence-corrected chi connectivity index (χ3v) is 5.61. The summed E-state index contributed by atoms with van der Waals surface area (Å²) in [6.45, 7) is 4.18. The van der Waals surface area contributed by atoms with Crippen molar-refractivity contribution in [2.45, 2.75) is 26.9 Å². The molecule has 28 heavy (non-hydrogen) atoms. The van der Waals surface area contributed by atoms with E-state index in [0.717, 1.165) is 11.4 Å². The Morgan fingerprint density at radius 3 is 2.50 bits per heavy atom. The van der Waals surface area contributed by atoms with Gasteiger partial charge in [0.1, 0.15) is 0 Å². The first-order valence-electron chi connectivity index (χ1n) is 8.88. The monoisotopic (exact) mass is 401 g/mol. The maximum Gasteiger partial charge on any atom is 0.332 e. The highest BCUT2D eigenvalue weighted by molar-refractivity contribution is 6.31. The van der Waals surface area contributed by atoms with E-state index in [1.54, 1.807) is 29.6 Å². The number of nitrogens with zero attached hydrogens (tertiary/aromatic N) is 5. The summed E-state index contributed by atoms with van der Waals surface area (Å²) in [7, 11) is 1.60. The van der Waals surface area contributed by atoms with Gasteiger partial charge < -0.3 is 9.67 Å². The summed E-state index contributed by atoms with van der Waals surface area (Å²) in [4.78, 5) is 30.7. The van der Waals surface area contributed by atoms with Crippen LogP contribution >= 0.6 is 11.6 Å². The quantitative estimate of drug-likeness (QED) is 0.561. The van der Waals surface area contributed by atoms with Crippen LogP contribution in [0.1, 0.15) is 17.0 Å². The highest BCUT2D eigenvalue weighted by atomic mass is 35.5. The van der Waals surface area contributed by atoms with Crippen molar-refractivity contribution in [3.05, 3.63) is 67.1 Å². The Morgan fingerprint density at radius 1 is 1.11 bits per heavy atom. The van der Waals surface area contributed by atoms with Gasteiger partial charge in [0.05, 0.1) is 13.2 Å². The van der Waals surface area contributed by atoms with Crippen LogP contribution in [0.3, 0.4) is 0 Å². The smallest absolute Gasteiger partial charge is 0.332 e. The lowest BCUT2D eigenvalue weighted by molar-refractivity contribution is 0.276. The number of imidazole rings is 2. The van der Waals surface area contributed by atoms with Crippen molar-refractivity contribution in [1.29, 1.82) is 0 Å². The number of aryl methyl sites for hydroxylation is 2. The fraction of sp³-hybridized carbons (Fsp3) is 0.316. The molecule has 0 saturated heterocycles. The SMILES string of the molecule is Cc1c(C)n2c3c(=O)n(Cc4ccccc4Cl)c(=O)n(C)c3nc2n1CCO. The number of hydrogen-bond acceptors (Lipinski definition) is 4. The lowest BCUT2D eigenvalue weighted by Crippen LogP contribution is -2.39. The minimum atomic E-state index is -0.457. The Labute approximate surface area is 164 Å². The Kier molecular flexibility index (Phi) is 4.40. The first kappa shape index (κ1) is 18.5. The lowest BCUT2D eigenvalue weighted by Gasteiger charge is -2.09. The van der Waals surface area contributed by atoms with Crippen molar-refractivity contribution >= 4 is 28.5 Å². The van der Waals surface area contributed by atoms with Crippen molar-refractivity contribution in [3.63, 3.8) is 0 Å². The average Bonchev–Trinajstić information content (AvgIpc) is 3.17. The van der Waals surface area contributed by atoms with Crippen molar-refractivity contribution in [1.82, 2.24) is 23.1 Å². The standard InChI is InChI=1S/C19H20ClN5O3/c1-11-12(2)25-15-16(21-18(25)23(11)8-9-26)22(3)19(28)24(17(15)27)10-13-6-4-5-7-14(13)20/h4-7,26H,8-10H2,1-3H3. The van der Waals surface area contributed by atoms with E-state index in [1.807, 2.05) is 24.5 Å². The first-order valence-corrected chi connectivity index (χ1v) is 9.26. The third-order valence-electron chi connectivity index (χ3n) is 5.24. The van der Waals surface area contributed by atoms with Crippen LogP contribution in [0.2, 0.25) is 5.02 Å². The molecular weight excluding hydrogens is 382 g/mol. The minimum Gasteiger partial charge on any atom is -0.395 e. The predicted molar refractivity (Wildman–Crippen MR) is 107 cm³/mol. The Bertz CT molecular complexity index is 1340. The van der Waals surface area contributed by atoms with Crippen molar-refractivity contribution < 1.29 is 5.11 Å². The highest BCUT2D eigenvalue weighted by Crippen LogP contribution is 2.21. The van der Waals surface area contributed by atoms with E-state index < -0.39 is 11.2 Å². The van der Waals surface area contributed by atoms with E-state index >= 15 is 0 Å². The molecule has 4 aromatic rings. The number of hydrogen-bond donors (Lipinski definition) is 1. The second-order valence-corrected chi connectivity index (χ2v) is 7.20. The van der Waals surface area contributed by atoms with Gasteiger partial charge >= 0.3 is 5.69 Å². The second kappa shape index (κ2) is 6.65. The number of aliphatic hydroxyl groups excluding tert-OH is 1. The van der Waals surface area contributed by atoms with Crippen LogP contribution in [0.5, 0.6) is 0 Å². The van der Waals surface area contributed by atoms with Crippen LogP contribution in [-0.2, 0) is 20.1 Å². The highest BCUT2D eigenvalue weighted by Gasteiger charge is 2.22. The van der Waals surface area contributed by atoms with Gasteiger partial charge in [-0.15, -0.1) is 0 Å². The molecule has 4 rings (SSSR count). The molecule has 9 heteroatoms. The molecule has 3 heterocycles. The number of aliphatic hydroxyl groups is 1. The van der Waals surface area contributed by atoms with Gasteiger partial charge in [0.25, 0.3) is 5.56 Å². The molecule has 146 valence electrons. The summed E-state index contributed by atoms with van der Waals surface area (Å²) in [6, 6.07) is 7.13. The maximum absolute atomic E-state index is 13.3. The molecule has 0 aliphatic carbocycles. The zero-order valence-corrected chi connectivity index (χ0v) is 16.6. The number of fused-ring (bicyclic) bond motifs is 3. The molecule has 1 aromatic carbocycles. The molecule has 0 aliphatic heterocycles. The van der Waals surface area contributed by atoms with E-state index in [0.29, 0.717) is 34.1 Å². The molecule has 3 aromatic heterocycles. The summed E-state index contributed by atoms with van der Waals surface area (Å²) in [6.07, 6.45) is 0. The average molecular weight is 402 g/mol. The molecule has 0 aliphatic rings. The number of halogens is 1. The summed E-state index contributed by atoms with van der Waals surface area (Å²) in [5, 5.41) is 9.88. The van der Waals surface area contributed by atoms with Crippen LogP contribution < -0.4 is 11.2 Å². The largest absolute Gasteiger partial charge is 0.395 e. The lowest BCUT2D eigenvalue weighted by atomic mass is 10.2. The molecule has 1 N–H and O–H groups in total. The molecule has 8 nitrogen and oxygen atoms in total. The van der Waals surface area contributed by atoms with E-state index in [9.17, 15) is 14.7 Å². The van der Waals surface area contributed by atoms with E-state index in [2.05, 4.69) is 4.98 Å². The van der Waals surface area contributed by atoms with Crippen LogP contribution in [-0.4, -0.2) is 34.8 Å². The Hall–Kier alpha value is -2.84. The van der Waals surface area contributed by atoms with Gasteiger partial charge in [0.15, 0.2) is 11.2 Å². The molecule has 0 fully saturated rings. The van der Waals surface area contributed by atoms with Crippen LogP contribution in [0.15, 0.2) is 33.9 Å². The zero-order valence-electron chi connectivity index (χ0n) is 15.8. The van der Waals surface area contributed by atoms with Crippen molar-refractivity contribution in [3.8, 4) is 0 Å². The van der Waals surface area contributed by atoms with Gasteiger partial charge in [-0.2, -0.15) is 4.98 Å². The molecule has 0 unspecified atom stereocenters. The van der Waals surface area contributed by atoms with Crippen LogP contribution in [0.25, 0.3) is 16.9 Å². The topological polar surface area (TPSA) is 86.5 Å². The molecule has 0 atom stereocenters. The van der Waals surface area contributed by atoms with Gasteiger partial charge in [-0.1, -0.05) is 29.8 Å². The maximum atomic E-state index is 13.3. The molecular formula is C19H20ClN5O3. The fourth-order valence-corrected chi connectivity index (χ4v) is 3.81. The Balaban J connectivity index is 2.08. The normalized spacial score (nSPS) is 11.8. The fourth-order valence-electron chi connectivity index (χ4n) is 3.62. The summed E-state index contributed by atoms with van der Waals surface area (Å²) >= 11 is 6.23. The molecule has 0 bridgehead atoms. The van der Waals surface area contributed by atoms with Gasteiger partial charge in [-0.25, -0.2) is 4.79 Å². The van der Waals surface area contributed by atoms with Crippen molar-refractivity contribution in [2.75, 3.05) is 6.61 Å². The summed E-state index contributed by atoms with van der Waals surface area (Å²) < 4.78 is 6.15. The first-order chi connectivity index (χ1) is 13.4. The zero-order chi connectivity index (χ0) is 20.2. The molecule has 0 saturated carbocycles. The van der Waals surface area contributed by atoms with Gasteiger partial charge in [0, 0.05) is 30.0 Å². The van der Waals surface area contributed by atoms with Crippen LogP contribution in [0.4, 0.5) is 0 Å². The summed E-state index contributed by atoms with van der Waals surface area (Å²) in [5.74, 6) is 0.529. The molecule has 0 amide bonds. The van der Waals surface area contributed by atoms with E-state index in [-0.39, 0.29) is 13.2 Å². The van der Waals surface area contributed by atoms with Crippen molar-refractivity contribution in [2.24, 2.45) is 7.05 Å². The second-order valence-electron chi connectivity index (χ2n) is 6.79. The van der Waals surface area contributed by atoms with Gasteiger partial charge in [0.2, 0.25) is 5.78 Å². The summed E-state index contributed by atoms with van der Waals surface area (Å²) in [5.41, 5.74) is 2.21. The van der Waals surface area contributed by atoms with Gasteiger partial charge in [-0.05, 0) is 25.5 Å². The number of rotatable bonds is 4. The van der Waals surface area contributed by atoms with Crippen LogP contribution in [0, 0.1) is 13.8 Å². The number of benzene rings is 1. The van der Waals surface area contributed by atoms with E-state index in [1.165, 1.54) is 9.13 Å². The molecule has 0 radical (unpaired) electrons. The minimum absolute atomic E-state index is 0.0521. The van der Waals surface area contributed by atoms with Gasteiger partial charge in [-0.3, -0.25) is 18.3 Å². The molecule has 0 spiro atoms. The van der Waals surface area contributed by atoms with E-state index in [4.69, 9.17) is 11.6 Å². The third kappa shape index (κ3) is 2.52.